The van der Waals surface area contributed by atoms with Crippen LogP contribution in [0.15, 0.2) is 30.3 Å². The molecule has 1 rings (SSSR count). The Bertz CT molecular complexity index is 319. The zero-order valence-corrected chi connectivity index (χ0v) is 11.1. The Kier molecular flexibility index (Phi) is 4.01. The van der Waals surface area contributed by atoms with Crippen molar-refractivity contribution in [2.45, 2.75) is 13.1 Å². The molecular weight excluding hydrogens is 287 g/mol. The van der Waals surface area contributed by atoms with Gasteiger partial charge in [0.05, 0.1) is 0 Å². The summed E-state index contributed by atoms with van der Waals surface area (Å²) in [6, 6.07) is 10.2. The maximum atomic E-state index is 3.41. The second kappa shape index (κ2) is 4.82. The van der Waals surface area contributed by atoms with Crippen LogP contribution in [0, 0.1) is 11.5 Å². The average Bonchev–Trinajstić information content (AvgIpc) is 2.17. The van der Waals surface area contributed by atoms with Crippen LogP contribution in [0.2, 0.25) is 13.1 Å². The molecule has 0 amide bonds. The van der Waals surface area contributed by atoms with Crippen LogP contribution in [0.1, 0.15) is 5.56 Å². The first-order chi connectivity index (χ1) is 6.14. The maximum Gasteiger partial charge on any atom is 0.142 e. The molecule has 0 fully saturated rings. The summed E-state index contributed by atoms with van der Waals surface area (Å²) in [6.07, 6.45) is 0. The first-order valence-electron chi connectivity index (χ1n) is 4.28. The third kappa shape index (κ3) is 3.97. The number of rotatable bonds is 1. The zero-order chi connectivity index (χ0) is 9.73. The molecule has 0 aliphatic rings. The molecule has 1 aromatic rings. The van der Waals surface area contributed by atoms with Crippen molar-refractivity contribution in [1.82, 2.24) is 0 Å². The summed E-state index contributed by atoms with van der Waals surface area (Å²) in [5.41, 5.74) is 4.54. The molecule has 0 saturated heterocycles. The maximum absolute atomic E-state index is 3.41. The molecule has 13 heavy (non-hydrogen) atoms. The van der Waals surface area contributed by atoms with Gasteiger partial charge < -0.3 is 0 Å². The topological polar surface area (TPSA) is 0 Å². The number of hydrogen-bond donors (Lipinski definition) is 0. The minimum Gasteiger partial charge on any atom is -0.126 e. The summed E-state index contributed by atoms with van der Waals surface area (Å²) >= 11 is 2.43. The highest BCUT2D eigenvalue weighted by atomic mass is 127. The first kappa shape index (κ1) is 10.8. The quantitative estimate of drug-likeness (QED) is 0.323. The van der Waals surface area contributed by atoms with Crippen molar-refractivity contribution in [3.8, 4) is 11.5 Å². The molecule has 0 aliphatic carbocycles. The van der Waals surface area contributed by atoms with Crippen LogP contribution in [-0.2, 0) is 0 Å². The Labute approximate surface area is 94.9 Å². The van der Waals surface area contributed by atoms with Crippen molar-refractivity contribution in [2.24, 2.45) is 0 Å². The van der Waals surface area contributed by atoms with Gasteiger partial charge in [0.25, 0.3) is 0 Å². The van der Waals surface area contributed by atoms with Gasteiger partial charge >= 0.3 is 0 Å². The van der Waals surface area contributed by atoms with Crippen molar-refractivity contribution < 1.29 is 0 Å². The Balaban J connectivity index is 2.79. The molecular formula is C11H13ISi. The van der Waals surface area contributed by atoms with E-state index in [1.807, 2.05) is 18.2 Å². The van der Waals surface area contributed by atoms with E-state index in [1.165, 1.54) is 4.05 Å². The van der Waals surface area contributed by atoms with Gasteiger partial charge in [0.2, 0.25) is 0 Å². The summed E-state index contributed by atoms with van der Waals surface area (Å²) in [4.78, 5) is 0. The molecule has 0 nitrogen and oxygen atoms in total. The largest absolute Gasteiger partial charge is 0.142 e. The molecule has 0 aliphatic heterocycles. The van der Waals surface area contributed by atoms with E-state index < -0.39 is 8.07 Å². The molecule has 68 valence electrons. The third-order valence-corrected chi connectivity index (χ3v) is 8.84. The Morgan fingerprint density at radius 1 is 1.23 bits per heavy atom. The Morgan fingerprint density at radius 3 is 2.38 bits per heavy atom. The fraction of sp³-hybridized carbons (Fsp3) is 0.273. The van der Waals surface area contributed by atoms with Gasteiger partial charge in [-0.2, -0.15) is 0 Å². The Hall–Kier alpha value is -0.273. The fourth-order valence-corrected chi connectivity index (χ4v) is 1.92. The fourth-order valence-electron chi connectivity index (χ4n) is 0.796. The lowest BCUT2D eigenvalue weighted by atomic mass is 10.2. The van der Waals surface area contributed by atoms with E-state index in [2.05, 4.69) is 59.3 Å². The second-order valence-corrected chi connectivity index (χ2v) is 10.2. The van der Waals surface area contributed by atoms with Crippen LogP contribution in [0.5, 0.6) is 0 Å². The highest BCUT2D eigenvalue weighted by Gasteiger charge is 2.14. The van der Waals surface area contributed by atoms with Crippen LogP contribution < -0.4 is 0 Å². The number of hydrogen-bond acceptors (Lipinski definition) is 0. The average molecular weight is 300 g/mol. The summed E-state index contributed by atoms with van der Waals surface area (Å²) < 4.78 is 1.20. The van der Waals surface area contributed by atoms with E-state index in [0.29, 0.717) is 0 Å². The molecule has 0 N–H and O–H groups in total. The minimum atomic E-state index is -1.23. The lowest BCUT2D eigenvalue weighted by molar-refractivity contribution is 1.65. The van der Waals surface area contributed by atoms with Crippen LogP contribution in [-0.4, -0.2) is 12.1 Å². The van der Waals surface area contributed by atoms with Crippen LogP contribution >= 0.6 is 22.6 Å². The Morgan fingerprint density at radius 2 is 1.85 bits per heavy atom. The summed E-state index contributed by atoms with van der Waals surface area (Å²) in [6.45, 7) is 4.60. The normalized spacial score (nSPS) is 10.4. The lowest BCUT2D eigenvalue weighted by Crippen LogP contribution is -2.25. The monoisotopic (exact) mass is 300 g/mol. The highest BCUT2D eigenvalue weighted by Crippen LogP contribution is 2.05. The molecule has 0 saturated carbocycles. The van der Waals surface area contributed by atoms with E-state index in [0.717, 1.165) is 5.56 Å². The number of benzene rings is 1. The molecule has 0 aromatic heterocycles. The smallest absolute Gasteiger partial charge is 0.126 e. The van der Waals surface area contributed by atoms with Crippen molar-refractivity contribution >= 4 is 30.7 Å². The van der Waals surface area contributed by atoms with Gasteiger partial charge in [-0.05, 0) is 12.1 Å². The second-order valence-electron chi connectivity index (χ2n) is 3.63. The van der Waals surface area contributed by atoms with Gasteiger partial charge in [0.15, 0.2) is 0 Å². The van der Waals surface area contributed by atoms with E-state index in [-0.39, 0.29) is 0 Å². The van der Waals surface area contributed by atoms with Gasteiger partial charge in [0, 0.05) is 9.61 Å². The molecule has 0 unspecified atom stereocenters. The molecule has 1 aromatic carbocycles. The van der Waals surface area contributed by atoms with Gasteiger partial charge in [-0.25, -0.2) is 0 Å². The molecule has 2 heteroatoms. The van der Waals surface area contributed by atoms with Crippen LogP contribution in [0.25, 0.3) is 0 Å². The van der Waals surface area contributed by atoms with E-state index in [1.54, 1.807) is 0 Å². The van der Waals surface area contributed by atoms with E-state index in [9.17, 15) is 0 Å². The zero-order valence-electron chi connectivity index (χ0n) is 7.97. The van der Waals surface area contributed by atoms with Gasteiger partial charge in [-0.1, -0.05) is 59.8 Å². The molecule has 0 bridgehead atoms. The van der Waals surface area contributed by atoms with E-state index >= 15 is 0 Å². The van der Waals surface area contributed by atoms with Crippen LogP contribution in [0.4, 0.5) is 0 Å². The van der Waals surface area contributed by atoms with Crippen molar-refractivity contribution in [3.05, 3.63) is 35.9 Å². The number of halogens is 1. The SMILES string of the molecule is C[Si](C)(C#Cc1ccccc1)CI. The van der Waals surface area contributed by atoms with Gasteiger partial charge in [0.1, 0.15) is 8.07 Å². The minimum absolute atomic E-state index is 1.13. The van der Waals surface area contributed by atoms with E-state index in [4.69, 9.17) is 0 Å². The standard InChI is InChI=1S/C11H13ISi/c1-13(2,10-12)9-8-11-6-4-3-5-7-11/h3-7H,10H2,1-2H3. The van der Waals surface area contributed by atoms with Crippen molar-refractivity contribution in [2.75, 3.05) is 4.05 Å². The third-order valence-electron chi connectivity index (χ3n) is 1.65. The molecule has 0 atom stereocenters. The summed E-state index contributed by atoms with van der Waals surface area (Å²) in [5.74, 6) is 3.24. The highest BCUT2D eigenvalue weighted by molar-refractivity contribution is 14.1. The van der Waals surface area contributed by atoms with Crippen molar-refractivity contribution in [3.63, 3.8) is 0 Å². The predicted molar refractivity (Wildman–Crippen MR) is 69.7 cm³/mol. The van der Waals surface area contributed by atoms with Gasteiger partial charge in [-0.3, -0.25) is 0 Å². The first-order valence-corrected chi connectivity index (χ1v) is 9.01. The van der Waals surface area contributed by atoms with Crippen LogP contribution in [0.3, 0.4) is 0 Å². The molecule has 0 spiro atoms. The molecule has 0 radical (unpaired) electrons. The summed E-state index contributed by atoms with van der Waals surface area (Å²) in [7, 11) is -1.23. The summed E-state index contributed by atoms with van der Waals surface area (Å²) in [5, 5.41) is 0. The van der Waals surface area contributed by atoms with Crippen molar-refractivity contribution in [1.29, 1.82) is 0 Å². The predicted octanol–water partition coefficient (Wildman–Crippen LogP) is 3.26. The van der Waals surface area contributed by atoms with Gasteiger partial charge in [-0.15, -0.1) is 5.54 Å². The molecule has 0 heterocycles. The number of alkyl halides is 1. The lowest BCUT2D eigenvalue weighted by Gasteiger charge is -2.08.